The standard InChI is InChI=1S/C19H19FN4O2/c1-11-15-9-13(8-12-4-6-14(20)7-5-12)10-21-16(15)18(25)17(22-11)19(26)23-24(2)3/h4-7,9-10,25H,8H2,1-3H3,(H,23,26). The first kappa shape index (κ1) is 17.8. The van der Waals surface area contributed by atoms with E-state index in [1.54, 1.807) is 39.3 Å². The van der Waals surface area contributed by atoms with Crippen LogP contribution < -0.4 is 5.43 Å². The van der Waals surface area contributed by atoms with Crippen molar-refractivity contribution in [3.05, 3.63) is 64.9 Å². The summed E-state index contributed by atoms with van der Waals surface area (Å²) in [5.41, 5.74) is 5.25. The van der Waals surface area contributed by atoms with Crippen molar-refractivity contribution >= 4 is 16.8 Å². The molecule has 3 aromatic rings. The van der Waals surface area contributed by atoms with Crippen LogP contribution in [0.2, 0.25) is 0 Å². The van der Waals surface area contributed by atoms with Gasteiger partial charge in [-0.2, -0.15) is 0 Å². The van der Waals surface area contributed by atoms with Gasteiger partial charge in [-0.3, -0.25) is 15.2 Å². The van der Waals surface area contributed by atoms with Gasteiger partial charge in [-0.05, 0) is 42.7 Å². The summed E-state index contributed by atoms with van der Waals surface area (Å²) in [6, 6.07) is 8.14. The Morgan fingerprint density at radius 1 is 1.23 bits per heavy atom. The summed E-state index contributed by atoms with van der Waals surface area (Å²) in [6.45, 7) is 1.76. The predicted octanol–water partition coefficient (Wildman–Crippen LogP) is 2.58. The number of hydrogen-bond acceptors (Lipinski definition) is 5. The molecule has 0 unspecified atom stereocenters. The lowest BCUT2D eigenvalue weighted by molar-refractivity contribution is 0.0848. The van der Waals surface area contributed by atoms with Crippen LogP contribution in [-0.4, -0.2) is 40.1 Å². The van der Waals surface area contributed by atoms with Gasteiger partial charge in [0.15, 0.2) is 11.4 Å². The van der Waals surface area contributed by atoms with Crippen molar-refractivity contribution in [1.29, 1.82) is 0 Å². The van der Waals surface area contributed by atoms with Crippen LogP contribution in [0, 0.1) is 12.7 Å². The Morgan fingerprint density at radius 3 is 2.58 bits per heavy atom. The summed E-state index contributed by atoms with van der Waals surface area (Å²) in [5.74, 6) is -1.04. The average Bonchev–Trinajstić information content (AvgIpc) is 2.59. The summed E-state index contributed by atoms with van der Waals surface area (Å²) in [6.07, 6.45) is 2.21. The number of aromatic nitrogens is 2. The minimum atomic E-state index is -0.505. The minimum absolute atomic E-state index is 0.0671. The molecule has 3 rings (SSSR count). The lowest BCUT2D eigenvalue weighted by Crippen LogP contribution is -2.36. The second-order valence-corrected chi connectivity index (χ2v) is 6.27. The monoisotopic (exact) mass is 354 g/mol. The summed E-state index contributed by atoms with van der Waals surface area (Å²) in [7, 11) is 3.34. The lowest BCUT2D eigenvalue weighted by Gasteiger charge is -2.14. The molecule has 7 heteroatoms. The zero-order valence-corrected chi connectivity index (χ0v) is 14.7. The topological polar surface area (TPSA) is 78.4 Å². The maximum absolute atomic E-state index is 13.0. The SMILES string of the molecule is Cc1nc(C(=O)NN(C)C)c(O)c2ncc(Cc3ccc(F)cc3)cc12. The van der Waals surface area contributed by atoms with Gasteiger partial charge in [-0.25, -0.2) is 14.4 Å². The van der Waals surface area contributed by atoms with Crippen LogP contribution >= 0.6 is 0 Å². The number of fused-ring (bicyclic) bond motifs is 1. The molecule has 134 valence electrons. The molecule has 0 atom stereocenters. The predicted molar refractivity (Wildman–Crippen MR) is 96.3 cm³/mol. The molecule has 0 aliphatic heterocycles. The number of hydrazine groups is 1. The fraction of sp³-hybridized carbons (Fsp3) is 0.211. The van der Waals surface area contributed by atoms with Crippen molar-refractivity contribution in [1.82, 2.24) is 20.4 Å². The number of pyridine rings is 2. The molecule has 0 saturated carbocycles. The first-order valence-corrected chi connectivity index (χ1v) is 8.06. The van der Waals surface area contributed by atoms with Gasteiger partial charge in [0.05, 0.1) is 0 Å². The lowest BCUT2D eigenvalue weighted by atomic mass is 10.0. The van der Waals surface area contributed by atoms with E-state index in [0.29, 0.717) is 23.0 Å². The Balaban J connectivity index is 1.99. The van der Waals surface area contributed by atoms with Crippen LogP contribution in [0.5, 0.6) is 5.75 Å². The molecule has 0 fully saturated rings. The van der Waals surface area contributed by atoms with Gasteiger partial charge in [-0.15, -0.1) is 0 Å². The van der Waals surface area contributed by atoms with E-state index in [9.17, 15) is 14.3 Å². The molecular formula is C19H19FN4O2. The zero-order valence-electron chi connectivity index (χ0n) is 14.7. The molecule has 0 spiro atoms. The molecule has 0 saturated heterocycles. The fourth-order valence-electron chi connectivity index (χ4n) is 2.71. The third kappa shape index (κ3) is 3.62. The number of aryl methyl sites for hydroxylation is 1. The third-order valence-corrected chi connectivity index (χ3v) is 3.92. The largest absolute Gasteiger partial charge is 0.504 e. The van der Waals surface area contributed by atoms with E-state index in [2.05, 4.69) is 15.4 Å². The second-order valence-electron chi connectivity index (χ2n) is 6.27. The molecule has 0 aliphatic rings. The van der Waals surface area contributed by atoms with E-state index < -0.39 is 5.91 Å². The quantitative estimate of drug-likeness (QED) is 0.704. The first-order chi connectivity index (χ1) is 12.3. The summed E-state index contributed by atoms with van der Waals surface area (Å²) < 4.78 is 13.0. The van der Waals surface area contributed by atoms with Gasteiger partial charge < -0.3 is 5.11 Å². The van der Waals surface area contributed by atoms with E-state index in [-0.39, 0.29) is 17.3 Å². The number of aromatic hydroxyl groups is 1. The van der Waals surface area contributed by atoms with Gasteiger partial charge >= 0.3 is 0 Å². The number of benzene rings is 1. The van der Waals surface area contributed by atoms with Gasteiger partial charge in [0.2, 0.25) is 0 Å². The maximum Gasteiger partial charge on any atom is 0.288 e. The van der Waals surface area contributed by atoms with E-state index >= 15 is 0 Å². The van der Waals surface area contributed by atoms with Crippen molar-refractivity contribution in [2.75, 3.05) is 14.1 Å². The van der Waals surface area contributed by atoms with Gasteiger partial charge in [0, 0.05) is 31.4 Å². The molecule has 1 amide bonds. The molecule has 26 heavy (non-hydrogen) atoms. The highest BCUT2D eigenvalue weighted by Gasteiger charge is 2.19. The van der Waals surface area contributed by atoms with Crippen LogP contribution in [-0.2, 0) is 6.42 Å². The number of nitrogens with zero attached hydrogens (tertiary/aromatic N) is 3. The summed E-state index contributed by atoms with van der Waals surface area (Å²) in [4.78, 5) is 20.7. The highest BCUT2D eigenvalue weighted by molar-refractivity contribution is 6.00. The zero-order chi connectivity index (χ0) is 18.8. The van der Waals surface area contributed by atoms with Crippen molar-refractivity contribution in [3.8, 4) is 5.75 Å². The molecule has 0 radical (unpaired) electrons. The Labute approximate surface area is 150 Å². The van der Waals surface area contributed by atoms with E-state index in [0.717, 1.165) is 11.1 Å². The van der Waals surface area contributed by atoms with Gasteiger partial charge in [-0.1, -0.05) is 12.1 Å². The Kier molecular flexibility index (Phi) is 4.81. The van der Waals surface area contributed by atoms with Gasteiger partial charge in [0.25, 0.3) is 5.91 Å². The number of carbonyl (C=O) groups is 1. The number of nitrogens with one attached hydrogen (secondary N) is 1. The highest BCUT2D eigenvalue weighted by Crippen LogP contribution is 2.28. The Bertz CT molecular complexity index is 971. The second kappa shape index (κ2) is 7.05. The molecular weight excluding hydrogens is 335 g/mol. The van der Waals surface area contributed by atoms with Crippen LogP contribution in [0.4, 0.5) is 4.39 Å². The number of rotatable bonds is 4. The van der Waals surface area contributed by atoms with Crippen molar-refractivity contribution in [3.63, 3.8) is 0 Å². The molecule has 2 N–H and O–H groups in total. The van der Waals surface area contributed by atoms with Crippen molar-refractivity contribution < 1.29 is 14.3 Å². The van der Waals surface area contributed by atoms with Crippen LogP contribution in [0.15, 0.2) is 36.5 Å². The number of amides is 1. The normalized spacial score (nSPS) is 11.1. The van der Waals surface area contributed by atoms with Crippen LogP contribution in [0.3, 0.4) is 0 Å². The summed E-state index contributed by atoms with van der Waals surface area (Å²) >= 11 is 0. The Morgan fingerprint density at radius 2 is 1.92 bits per heavy atom. The van der Waals surface area contributed by atoms with Crippen LogP contribution in [0.25, 0.3) is 10.9 Å². The van der Waals surface area contributed by atoms with Crippen molar-refractivity contribution in [2.24, 2.45) is 0 Å². The third-order valence-electron chi connectivity index (χ3n) is 3.92. The maximum atomic E-state index is 13.0. The molecule has 2 heterocycles. The average molecular weight is 354 g/mol. The van der Waals surface area contributed by atoms with Gasteiger partial charge in [0.1, 0.15) is 11.3 Å². The molecule has 6 nitrogen and oxygen atoms in total. The Hall–Kier alpha value is -3.06. The molecule has 2 aromatic heterocycles. The number of hydrogen-bond donors (Lipinski definition) is 2. The molecule has 1 aromatic carbocycles. The van der Waals surface area contributed by atoms with Crippen molar-refractivity contribution in [2.45, 2.75) is 13.3 Å². The smallest absolute Gasteiger partial charge is 0.288 e. The minimum Gasteiger partial charge on any atom is -0.504 e. The summed E-state index contributed by atoms with van der Waals surface area (Å²) in [5, 5.41) is 12.6. The molecule has 0 aliphatic carbocycles. The van der Waals surface area contributed by atoms with E-state index in [1.807, 2.05) is 6.07 Å². The highest BCUT2D eigenvalue weighted by atomic mass is 19.1. The first-order valence-electron chi connectivity index (χ1n) is 8.06. The van der Waals surface area contributed by atoms with E-state index in [1.165, 1.54) is 17.1 Å². The number of carbonyl (C=O) groups excluding carboxylic acids is 1. The number of halogens is 1. The fourth-order valence-corrected chi connectivity index (χ4v) is 2.71. The van der Waals surface area contributed by atoms with Crippen LogP contribution in [0.1, 0.15) is 27.3 Å². The van der Waals surface area contributed by atoms with E-state index in [4.69, 9.17) is 0 Å². The molecule has 0 bridgehead atoms.